The minimum Gasteiger partial charge on any atom is -0.436 e. The monoisotopic (exact) mass is 360 g/mol. The summed E-state index contributed by atoms with van der Waals surface area (Å²) in [5, 5.41) is 12.0. The van der Waals surface area contributed by atoms with Crippen molar-refractivity contribution in [2.45, 2.75) is 17.4 Å². The van der Waals surface area contributed by atoms with Crippen molar-refractivity contribution < 1.29 is 14.2 Å². The minimum absolute atomic E-state index is 0.503. The number of methoxy groups -OCH3 is 2. The summed E-state index contributed by atoms with van der Waals surface area (Å²) in [4.78, 5) is 0. The maximum atomic E-state index is 10.1. The lowest BCUT2D eigenvalue weighted by Crippen LogP contribution is -2.70. The van der Waals surface area contributed by atoms with Crippen LogP contribution < -0.4 is 10.5 Å². The van der Waals surface area contributed by atoms with Crippen molar-refractivity contribution in [2.75, 3.05) is 14.2 Å². The number of fused-ring (bicyclic) bond motifs is 3. The SMILES string of the molecule is COC1(OC)Oc2c(ccc3ccccc23)C(c2ccccc2)C1(N)C#N. The van der Waals surface area contributed by atoms with E-state index in [1.807, 2.05) is 66.7 Å². The summed E-state index contributed by atoms with van der Waals surface area (Å²) in [6.07, 6.45) is 0. The molecular formula is C22H20N2O3. The third-order valence-electron chi connectivity index (χ3n) is 5.27. The molecule has 2 unspecified atom stereocenters. The van der Waals surface area contributed by atoms with E-state index in [1.54, 1.807) is 0 Å². The summed E-state index contributed by atoms with van der Waals surface area (Å²) in [5.41, 5.74) is 6.77. The molecular weight excluding hydrogens is 340 g/mol. The Labute approximate surface area is 157 Å². The van der Waals surface area contributed by atoms with Crippen molar-refractivity contribution in [1.29, 1.82) is 5.26 Å². The molecule has 136 valence electrons. The molecule has 0 aromatic heterocycles. The fourth-order valence-electron chi connectivity index (χ4n) is 3.97. The largest absolute Gasteiger partial charge is 0.436 e. The third-order valence-corrected chi connectivity index (χ3v) is 5.27. The second-order valence-corrected chi connectivity index (χ2v) is 6.60. The van der Waals surface area contributed by atoms with Gasteiger partial charge in [-0.2, -0.15) is 5.26 Å². The van der Waals surface area contributed by atoms with Crippen molar-refractivity contribution in [3.05, 3.63) is 77.9 Å². The van der Waals surface area contributed by atoms with Crippen LogP contribution in [0.3, 0.4) is 0 Å². The van der Waals surface area contributed by atoms with E-state index < -0.39 is 17.4 Å². The molecule has 5 nitrogen and oxygen atoms in total. The molecule has 0 bridgehead atoms. The van der Waals surface area contributed by atoms with E-state index in [4.69, 9.17) is 19.9 Å². The molecule has 0 saturated heterocycles. The van der Waals surface area contributed by atoms with Gasteiger partial charge in [0, 0.05) is 25.2 Å². The molecule has 0 spiro atoms. The molecule has 0 saturated carbocycles. The number of hydrogen-bond donors (Lipinski definition) is 1. The van der Waals surface area contributed by atoms with Gasteiger partial charge in [0.2, 0.25) is 5.54 Å². The first-order valence-electron chi connectivity index (χ1n) is 8.66. The van der Waals surface area contributed by atoms with Crippen LogP contribution >= 0.6 is 0 Å². The first kappa shape index (κ1) is 17.5. The highest BCUT2D eigenvalue weighted by molar-refractivity contribution is 5.90. The van der Waals surface area contributed by atoms with Gasteiger partial charge in [0.05, 0.1) is 12.0 Å². The van der Waals surface area contributed by atoms with E-state index in [0.29, 0.717) is 5.75 Å². The Balaban J connectivity index is 2.09. The van der Waals surface area contributed by atoms with Gasteiger partial charge in [-0.05, 0) is 10.9 Å². The van der Waals surface area contributed by atoms with Crippen LogP contribution in [-0.2, 0) is 9.47 Å². The van der Waals surface area contributed by atoms with Gasteiger partial charge in [0.1, 0.15) is 5.75 Å². The predicted molar refractivity (Wildman–Crippen MR) is 102 cm³/mol. The molecule has 0 aliphatic carbocycles. The zero-order chi connectivity index (χ0) is 19.1. The van der Waals surface area contributed by atoms with Gasteiger partial charge in [-0.25, -0.2) is 0 Å². The van der Waals surface area contributed by atoms with Crippen LogP contribution in [0.15, 0.2) is 66.7 Å². The lowest BCUT2D eigenvalue weighted by atomic mass is 9.72. The Morgan fingerprint density at radius 1 is 0.963 bits per heavy atom. The maximum Gasteiger partial charge on any atom is 0.360 e. The molecule has 0 radical (unpaired) electrons. The van der Waals surface area contributed by atoms with Crippen molar-refractivity contribution in [3.8, 4) is 11.8 Å². The van der Waals surface area contributed by atoms with Crippen molar-refractivity contribution in [2.24, 2.45) is 5.73 Å². The van der Waals surface area contributed by atoms with E-state index in [2.05, 4.69) is 6.07 Å². The topological polar surface area (TPSA) is 77.5 Å². The second-order valence-electron chi connectivity index (χ2n) is 6.60. The molecule has 3 aromatic carbocycles. The van der Waals surface area contributed by atoms with Crippen LogP contribution in [0.5, 0.6) is 5.75 Å². The van der Waals surface area contributed by atoms with E-state index in [1.165, 1.54) is 14.2 Å². The first-order chi connectivity index (χ1) is 13.1. The number of nitriles is 1. The second kappa shape index (κ2) is 6.36. The van der Waals surface area contributed by atoms with E-state index in [9.17, 15) is 5.26 Å². The van der Waals surface area contributed by atoms with Gasteiger partial charge >= 0.3 is 5.97 Å². The first-order valence-corrected chi connectivity index (χ1v) is 8.66. The zero-order valence-corrected chi connectivity index (χ0v) is 15.2. The van der Waals surface area contributed by atoms with Gasteiger partial charge in [-0.15, -0.1) is 0 Å². The molecule has 3 aromatic rings. The zero-order valence-electron chi connectivity index (χ0n) is 15.2. The number of benzene rings is 3. The number of nitrogens with two attached hydrogens (primary N) is 1. The van der Waals surface area contributed by atoms with Crippen LogP contribution in [0.25, 0.3) is 10.8 Å². The fourth-order valence-corrected chi connectivity index (χ4v) is 3.97. The molecule has 0 amide bonds. The van der Waals surface area contributed by atoms with Gasteiger partial charge < -0.3 is 19.9 Å². The number of rotatable bonds is 3. The van der Waals surface area contributed by atoms with Gasteiger partial charge in [-0.1, -0.05) is 66.7 Å². The highest BCUT2D eigenvalue weighted by Crippen LogP contribution is 2.52. The van der Waals surface area contributed by atoms with E-state index in [0.717, 1.165) is 21.9 Å². The van der Waals surface area contributed by atoms with Crippen LogP contribution in [0.4, 0.5) is 0 Å². The van der Waals surface area contributed by atoms with Crippen LogP contribution in [0, 0.1) is 11.3 Å². The average Bonchev–Trinajstić information content (AvgIpc) is 2.73. The summed E-state index contributed by atoms with van der Waals surface area (Å²) in [6, 6.07) is 23.7. The summed E-state index contributed by atoms with van der Waals surface area (Å²) in [5.74, 6) is -1.64. The van der Waals surface area contributed by atoms with Crippen LogP contribution in [0.1, 0.15) is 17.0 Å². The Morgan fingerprint density at radius 2 is 1.63 bits per heavy atom. The smallest absolute Gasteiger partial charge is 0.360 e. The van der Waals surface area contributed by atoms with E-state index >= 15 is 0 Å². The van der Waals surface area contributed by atoms with Crippen LogP contribution in [0.2, 0.25) is 0 Å². The normalized spacial score (nSPS) is 23.3. The highest BCUT2D eigenvalue weighted by Gasteiger charge is 2.63. The molecule has 1 aliphatic heterocycles. The lowest BCUT2D eigenvalue weighted by molar-refractivity contribution is -0.352. The molecule has 0 fully saturated rings. The summed E-state index contributed by atoms with van der Waals surface area (Å²) in [7, 11) is 2.86. The van der Waals surface area contributed by atoms with E-state index in [-0.39, 0.29) is 0 Å². The minimum atomic E-state index is -1.75. The summed E-state index contributed by atoms with van der Waals surface area (Å²) >= 11 is 0. The number of ether oxygens (including phenoxy) is 3. The number of nitrogens with zero attached hydrogens (tertiary/aromatic N) is 1. The standard InChI is InChI=1S/C22H20N2O3/c1-25-22(26-2)21(24,14-23)19(16-9-4-3-5-10-16)18-13-12-15-8-6-7-11-17(15)20(18)27-22/h3-13,19H,24H2,1-2H3. The molecule has 1 heterocycles. The summed E-state index contributed by atoms with van der Waals surface area (Å²) in [6.45, 7) is 0. The van der Waals surface area contributed by atoms with Crippen LogP contribution in [-0.4, -0.2) is 25.7 Å². The van der Waals surface area contributed by atoms with Gasteiger partial charge in [0.25, 0.3) is 0 Å². The molecule has 5 heteroatoms. The van der Waals surface area contributed by atoms with Crippen molar-refractivity contribution in [1.82, 2.24) is 0 Å². The molecule has 2 N–H and O–H groups in total. The molecule has 4 rings (SSSR count). The highest BCUT2D eigenvalue weighted by atomic mass is 16.9. The van der Waals surface area contributed by atoms with Gasteiger partial charge in [-0.3, -0.25) is 0 Å². The Hall–Kier alpha value is -2.91. The van der Waals surface area contributed by atoms with Crippen molar-refractivity contribution in [3.63, 3.8) is 0 Å². The lowest BCUT2D eigenvalue weighted by Gasteiger charge is -2.49. The quantitative estimate of drug-likeness (QED) is 0.723. The predicted octanol–water partition coefficient (Wildman–Crippen LogP) is 3.53. The Morgan fingerprint density at radius 3 is 2.30 bits per heavy atom. The van der Waals surface area contributed by atoms with Gasteiger partial charge in [0.15, 0.2) is 0 Å². The van der Waals surface area contributed by atoms with Crippen molar-refractivity contribution >= 4 is 10.8 Å². The fraction of sp³-hybridized carbons (Fsp3) is 0.227. The maximum absolute atomic E-state index is 10.1. The average molecular weight is 360 g/mol. The third kappa shape index (κ3) is 2.35. The Kier molecular flexibility index (Phi) is 4.12. The molecule has 27 heavy (non-hydrogen) atoms. The number of hydrogen-bond acceptors (Lipinski definition) is 5. The molecule has 2 atom stereocenters. The Bertz CT molecular complexity index is 1020. The molecule has 1 aliphatic rings. The summed E-state index contributed by atoms with van der Waals surface area (Å²) < 4.78 is 17.4.